The van der Waals surface area contributed by atoms with E-state index in [1.165, 1.54) is 6.92 Å². The maximum absolute atomic E-state index is 12.5. The average Bonchev–Trinajstić information content (AvgIpc) is 2.80. The lowest BCUT2D eigenvalue weighted by Gasteiger charge is -2.35. The van der Waals surface area contributed by atoms with Gasteiger partial charge in [0.25, 0.3) is 0 Å². The number of carbonyl (C=O) groups is 2. The third-order valence-electron chi connectivity index (χ3n) is 5.59. The zero-order valence-electron chi connectivity index (χ0n) is 19.4. The fourth-order valence-electron chi connectivity index (χ4n) is 3.85. The van der Waals surface area contributed by atoms with Gasteiger partial charge in [-0.25, -0.2) is 0 Å². The fourth-order valence-corrected chi connectivity index (χ4v) is 3.85. The number of anilines is 2. The van der Waals surface area contributed by atoms with Gasteiger partial charge in [-0.15, -0.1) is 0 Å². The number of amides is 2. The van der Waals surface area contributed by atoms with Crippen LogP contribution in [0.25, 0.3) is 0 Å². The van der Waals surface area contributed by atoms with E-state index in [0.29, 0.717) is 24.5 Å². The summed E-state index contributed by atoms with van der Waals surface area (Å²) in [6.45, 7) is 7.76. The molecule has 0 aliphatic carbocycles. The maximum atomic E-state index is 12.5. The minimum atomic E-state index is -0.611. The summed E-state index contributed by atoms with van der Waals surface area (Å²) in [5.41, 5.74) is 2.73. The normalized spacial score (nSPS) is 15.6. The molecule has 1 saturated heterocycles. The molecular weight excluding hydrogens is 420 g/mol. The molecule has 178 valence electrons. The van der Waals surface area contributed by atoms with Crippen molar-refractivity contribution in [2.24, 2.45) is 0 Å². The third kappa shape index (κ3) is 8.16. The fraction of sp³-hybridized carbons (Fsp3) is 0.440. The minimum Gasteiger partial charge on any atom is -0.491 e. The van der Waals surface area contributed by atoms with Crippen molar-refractivity contribution in [1.29, 1.82) is 0 Å². The SMILES string of the molecule is CCc1ccccc1NC(=O)CN1CCN(CC(O)COc2ccc(NC(C)=O)cc2)CC1. The molecule has 2 amide bonds. The second-order valence-electron chi connectivity index (χ2n) is 8.31. The van der Waals surface area contributed by atoms with E-state index in [1.54, 1.807) is 24.3 Å². The number of hydrogen-bond donors (Lipinski definition) is 3. The van der Waals surface area contributed by atoms with Gasteiger partial charge in [0, 0.05) is 51.0 Å². The third-order valence-corrected chi connectivity index (χ3v) is 5.59. The molecular formula is C25H34N4O4. The molecule has 2 aromatic carbocycles. The summed E-state index contributed by atoms with van der Waals surface area (Å²) < 4.78 is 5.67. The molecule has 3 rings (SSSR count). The number of benzene rings is 2. The largest absolute Gasteiger partial charge is 0.491 e. The number of aliphatic hydroxyl groups is 1. The van der Waals surface area contributed by atoms with Crippen LogP contribution in [0.15, 0.2) is 48.5 Å². The van der Waals surface area contributed by atoms with Crippen LogP contribution in [-0.2, 0) is 16.0 Å². The van der Waals surface area contributed by atoms with Gasteiger partial charge in [0.05, 0.1) is 6.54 Å². The van der Waals surface area contributed by atoms with Crippen molar-refractivity contribution in [1.82, 2.24) is 9.80 Å². The molecule has 2 aromatic rings. The van der Waals surface area contributed by atoms with Gasteiger partial charge >= 0.3 is 0 Å². The quantitative estimate of drug-likeness (QED) is 0.510. The van der Waals surface area contributed by atoms with Gasteiger partial charge in [0.2, 0.25) is 11.8 Å². The highest BCUT2D eigenvalue weighted by molar-refractivity contribution is 5.93. The van der Waals surface area contributed by atoms with Crippen LogP contribution in [0.1, 0.15) is 19.4 Å². The number of nitrogens with zero attached hydrogens (tertiary/aromatic N) is 2. The minimum absolute atomic E-state index is 0.00214. The van der Waals surface area contributed by atoms with Crippen LogP contribution in [-0.4, -0.2) is 78.7 Å². The van der Waals surface area contributed by atoms with E-state index in [2.05, 4.69) is 27.4 Å². The molecule has 8 nitrogen and oxygen atoms in total. The first-order chi connectivity index (χ1) is 15.9. The molecule has 8 heteroatoms. The summed E-state index contributed by atoms with van der Waals surface area (Å²) in [6.07, 6.45) is 0.268. The van der Waals surface area contributed by atoms with Crippen LogP contribution in [0.2, 0.25) is 0 Å². The van der Waals surface area contributed by atoms with Crippen LogP contribution in [0, 0.1) is 0 Å². The molecule has 1 atom stereocenters. The number of aryl methyl sites for hydroxylation is 1. The van der Waals surface area contributed by atoms with E-state index in [1.807, 2.05) is 24.3 Å². The standard InChI is InChI=1S/C25H34N4O4/c1-3-20-6-4-5-7-24(20)27-25(32)17-29-14-12-28(13-15-29)16-22(31)18-33-23-10-8-21(9-11-23)26-19(2)30/h4-11,22,31H,3,12-18H2,1-2H3,(H,26,30)(H,27,32). The Bertz CT molecular complexity index is 911. The van der Waals surface area contributed by atoms with E-state index in [-0.39, 0.29) is 18.4 Å². The molecule has 0 bridgehead atoms. The second-order valence-corrected chi connectivity index (χ2v) is 8.31. The van der Waals surface area contributed by atoms with Crippen LogP contribution >= 0.6 is 0 Å². The zero-order chi connectivity index (χ0) is 23.6. The first kappa shape index (κ1) is 24.7. The van der Waals surface area contributed by atoms with E-state index < -0.39 is 6.10 Å². The Morgan fingerprint density at radius 1 is 1.00 bits per heavy atom. The molecule has 1 aliphatic heterocycles. The summed E-state index contributed by atoms with van der Waals surface area (Å²) in [4.78, 5) is 27.9. The number of piperazine rings is 1. The van der Waals surface area contributed by atoms with E-state index in [0.717, 1.165) is 43.9 Å². The highest BCUT2D eigenvalue weighted by Gasteiger charge is 2.21. The Morgan fingerprint density at radius 3 is 2.33 bits per heavy atom. The van der Waals surface area contributed by atoms with Crippen molar-refractivity contribution < 1.29 is 19.4 Å². The molecule has 0 spiro atoms. The van der Waals surface area contributed by atoms with Crippen LogP contribution < -0.4 is 15.4 Å². The predicted molar refractivity (Wildman–Crippen MR) is 130 cm³/mol. The molecule has 1 unspecified atom stereocenters. The number of hydrogen-bond acceptors (Lipinski definition) is 6. The first-order valence-corrected chi connectivity index (χ1v) is 11.4. The summed E-state index contributed by atoms with van der Waals surface area (Å²) >= 11 is 0. The lowest BCUT2D eigenvalue weighted by molar-refractivity contribution is -0.118. The summed E-state index contributed by atoms with van der Waals surface area (Å²) in [6, 6.07) is 14.9. The molecule has 0 aromatic heterocycles. The topological polar surface area (TPSA) is 94.1 Å². The van der Waals surface area contributed by atoms with Crippen molar-refractivity contribution in [3.63, 3.8) is 0 Å². The lowest BCUT2D eigenvalue weighted by Crippen LogP contribution is -2.50. The maximum Gasteiger partial charge on any atom is 0.238 e. The molecule has 0 radical (unpaired) electrons. The Balaban J connectivity index is 1.35. The van der Waals surface area contributed by atoms with Gasteiger partial charge in [-0.1, -0.05) is 25.1 Å². The van der Waals surface area contributed by atoms with Crippen molar-refractivity contribution >= 4 is 23.2 Å². The summed E-state index contributed by atoms with van der Waals surface area (Å²) in [5, 5.41) is 16.1. The van der Waals surface area contributed by atoms with E-state index >= 15 is 0 Å². The molecule has 0 saturated carbocycles. The van der Waals surface area contributed by atoms with E-state index in [9.17, 15) is 14.7 Å². The molecule has 1 aliphatic rings. The molecule has 1 fully saturated rings. The average molecular weight is 455 g/mol. The monoisotopic (exact) mass is 454 g/mol. The van der Waals surface area contributed by atoms with Crippen molar-refractivity contribution in [2.45, 2.75) is 26.4 Å². The highest BCUT2D eigenvalue weighted by atomic mass is 16.5. The highest BCUT2D eigenvalue weighted by Crippen LogP contribution is 2.17. The number of nitrogens with one attached hydrogen (secondary N) is 2. The first-order valence-electron chi connectivity index (χ1n) is 11.4. The summed E-state index contributed by atoms with van der Waals surface area (Å²) in [5.74, 6) is 0.521. The van der Waals surface area contributed by atoms with Gasteiger partial charge in [-0.05, 0) is 42.3 Å². The van der Waals surface area contributed by atoms with Gasteiger partial charge in [-0.3, -0.25) is 19.4 Å². The Hall–Kier alpha value is -2.94. The second kappa shape index (κ2) is 12.3. The van der Waals surface area contributed by atoms with Crippen molar-refractivity contribution in [3.8, 4) is 5.75 Å². The predicted octanol–water partition coefficient (Wildman–Crippen LogP) is 2.20. The van der Waals surface area contributed by atoms with Crippen LogP contribution in [0.3, 0.4) is 0 Å². The van der Waals surface area contributed by atoms with Crippen LogP contribution in [0.4, 0.5) is 11.4 Å². The number of para-hydroxylation sites is 1. The number of rotatable bonds is 10. The molecule has 3 N–H and O–H groups in total. The van der Waals surface area contributed by atoms with Crippen molar-refractivity contribution in [2.75, 3.05) is 56.5 Å². The van der Waals surface area contributed by atoms with Gasteiger partial charge in [0.1, 0.15) is 18.5 Å². The van der Waals surface area contributed by atoms with Gasteiger partial charge in [0.15, 0.2) is 0 Å². The molecule has 1 heterocycles. The Morgan fingerprint density at radius 2 is 1.67 bits per heavy atom. The summed E-state index contributed by atoms with van der Waals surface area (Å²) in [7, 11) is 0. The molecule has 33 heavy (non-hydrogen) atoms. The van der Waals surface area contributed by atoms with Gasteiger partial charge < -0.3 is 20.5 Å². The number of carbonyl (C=O) groups excluding carboxylic acids is 2. The van der Waals surface area contributed by atoms with Crippen LogP contribution in [0.5, 0.6) is 5.75 Å². The number of aliphatic hydroxyl groups excluding tert-OH is 1. The van der Waals surface area contributed by atoms with Crippen molar-refractivity contribution in [3.05, 3.63) is 54.1 Å². The Labute approximate surface area is 195 Å². The zero-order valence-corrected chi connectivity index (χ0v) is 19.4. The number of β-amino-alcohol motifs (C(OH)–C–C–N with tert-alkyl or cyclic N) is 1. The Kier molecular flexibility index (Phi) is 9.24. The lowest BCUT2D eigenvalue weighted by atomic mass is 10.1. The van der Waals surface area contributed by atoms with E-state index in [4.69, 9.17) is 4.74 Å². The smallest absolute Gasteiger partial charge is 0.238 e. The van der Waals surface area contributed by atoms with Gasteiger partial charge in [-0.2, -0.15) is 0 Å². The number of ether oxygens (including phenoxy) is 1.